The van der Waals surface area contributed by atoms with Crippen LogP contribution in [-0.4, -0.2) is 0 Å². The minimum Gasteiger partial charge on any atom is -0.457 e. The average molecular weight is 435 g/mol. The number of hydrogen-bond donors (Lipinski definition) is 0. The van der Waals surface area contributed by atoms with E-state index in [2.05, 4.69) is 139 Å². The molecule has 4 aromatic rings. The van der Waals surface area contributed by atoms with Crippen LogP contribution in [0.2, 0.25) is 0 Å². The lowest BCUT2D eigenvalue weighted by molar-refractivity contribution is 0.481. The van der Waals surface area contributed by atoms with Gasteiger partial charge in [-0.25, -0.2) is 0 Å². The summed E-state index contributed by atoms with van der Waals surface area (Å²) >= 11 is 0. The Balaban J connectivity index is 1.48. The second-order valence-electron chi connectivity index (χ2n) is 10.1. The van der Waals surface area contributed by atoms with Crippen molar-refractivity contribution in [2.75, 3.05) is 0 Å². The van der Waals surface area contributed by atoms with Crippen molar-refractivity contribution in [2.24, 2.45) is 0 Å². The monoisotopic (exact) mass is 434 g/mol. The Hall–Kier alpha value is -3.32. The highest BCUT2D eigenvalue weighted by Crippen LogP contribution is 2.35. The molecule has 0 heterocycles. The van der Waals surface area contributed by atoms with Gasteiger partial charge in [0.25, 0.3) is 0 Å². The van der Waals surface area contributed by atoms with Gasteiger partial charge in [-0.15, -0.1) is 0 Å². The summed E-state index contributed by atoms with van der Waals surface area (Å²) in [5, 5.41) is 0. The first-order chi connectivity index (χ1) is 15.7. The summed E-state index contributed by atoms with van der Waals surface area (Å²) in [5.41, 5.74) is 7.62. The van der Waals surface area contributed by atoms with Crippen LogP contribution in [0.25, 0.3) is 0 Å². The molecular formula is C32H34O. The predicted octanol–water partition coefficient (Wildman–Crippen LogP) is 8.75. The Morgan fingerprint density at radius 3 is 0.909 bits per heavy atom. The van der Waals surface area contributed by atoms with E-state index in [-0.39, 0.29) is 10.8 Å². The molecule has 1 nitrogen and oxygen atoms in total. The third-order valence-corrected chi connectivity index (χ3v) is 6.93. The predicted molar refractivity (Wildman–Crippen MR) is 140 cm³/mol. The van der Waals surface area contributed by atoms with Crippen LogP contribution in [0.15, 0.2) is 97.1 Å². The molecule has 0 aliphatic carbocycles. The Kier molecular flexibility index (Phi) is 6.17. The third kappa shape index (κ3) is 4.88. The van der Waals surface area contributed by atoms with E-state index in [1.807, 2.05) is 0 Å². The lowest BCUT2D eigenvalue weighted by Gasteiger charge is -2.27. The number of benzene rings is 4. The summed E-state index contributed by atoms with van der Waals surface area (Å²) in [4.78, 5) is 0. The topological polar surface area (TPSA) is 9.23 Å². The van der Waals surface area contributed by atoms with Gasteiger partial charge in [-0.3, -0.25) is 0 Å². The number of hydrogen-bond acceptors (Lipinski definition) is 1. The van der Waals surface area contributed by atoms with Crippen molar-refractivity contribution in [3.05, 3.63) is 130 Å². The molecule has 0 saturated carbocycles. The summed E-state index contributed by atoms with van der Waals surface area (Å²) in [6, 6.07) is 34.5. The van der Waals surface area contributed by atoms with Crippen molar-refractivity contribution >= 4 is 0 Å². The molecule has 1 heteroatoms. The molecule has 0 saturated heterocycles. The summed E-state index contributed by atoms with van der Waals surface area (Å²) in [6.07, 6.45) is 0. The van der Waals surface area contributed by atoms with Crippen LogP contribution in [0.3, 0.4) is 0 Å². The van der Waals surface area contributed by atoms with E-state index in [9.17, 15) is 0 Å². The molecule has 168 valence electrons. The first-order valence-corrected chi connectivity index (χ1v) is 11.7. The second-order valence-corrected chi connectivity index (χ2v) is 10.1. The quantitative estimate of drug-likeness (QED) is 0.295. The molecule has 0 spiro atoms. The van der Waals surface area contributed by atoms with Crippen molar-refractivity contribution < 1.29 is 4.74 Å². The van der Waals surface area contributed by atoms with E-state index in [0.717, 1.165) is 11.5 Å². The van der Waals surface area contributed by atoms with E-state index < -0.39 is 0 Å². The average Bonchev–Trinajstić information content (AvgIpc) is 2.80. The number of ether oxygens (including phenoxy) is 1. The standard InChI is InChI=1S/C32H34O/c1-23-7-11-25(12-8-23)31(3,4)27-15-19-29(20-16-27)33-30-21-17-28(18-22-30)32(5,6)26-13-9-24(2)10-14-26/h7-22H,1-6H3. The van der Waals surface area contributed by atoms with Gasteiger partial charge in [-0.1, -0.05) is 112 Å². The smallest absolute Gasteiger partial charge is 0.127 e. The van der Waals surface area contributed by atoms with E-state index in [0.29, 0.717) is 0 Å². The molecule has 0 aliphatic heterocycles. The molecule has 0 unspecified atom stereocenters. The Labute approximate surface area is 199 Å². The van der Waals surface area contributed by atoms with Gasteiger partial charge in [-0.2, -0.15) is 0 Å². The van der Waals surface area contributed by atoms with Crippen LogP contribution < -0.4 is 4.74 Å². The maximum Gasteiger partial charge on any atom is 0.127 e. The number of aryl methyl sites for hydroxylation is 2. The molecule has 0 bridgehead atoms. The van der Waals surface area contributed by atoms with Crippen molar-refractivity contribution in [3.63, 3.8) is 0 Å². The van der Waals surface area contributed by atoms with E-state index in [1.54, 1.807) is 0 Å². The maximum atomic E-state index is 6.16. The third-order valence-electron chi connectivity index (χ3n) is 6.93. The highest BCUT2D eigenvalue weighted by atomic mass is 16.5. The molecule has 4 rings (SSSR count). The summed E-state index contributed by atoms with van der Waals surface area (Å²) < 4.78 is 6.16. The van der Waals surface area contributed by atoms with Crippen molar-refractivity contribution in [1.82, 2.24) is 0 Å². The summed E-state index contributed by atoms with van der Waals surface area (Å²) in [5.74, 6) is 1.70. The zero-order valence-electron chi connectivity index (χ0n) is 20.6. The normalized spacial score (nSPS) is 11.9. The van der Waals surface area contributed by atoms with E-state index >= 15 is 0 Å². The van der Waals surface area contributed by atoms with Gasteiger partial charge in [0.1, 0.15) is 11.5 Å². The minimum atomic E-state index is -0.0601. The highest BCUT2D eigenvalue weighted by Gasteiger charge is 2.24. The van der Waals surface area contributed by atoms with Crippen LogP contribution in [0, 0.1) is 13.8 Å². The first-order valence-electron chi connectivity index (χ1n) is 11.7. The van der Waals surface area contributed by atoms with E-state index in [1.165, 1.54) is 33.4 Å². The van der Waals surface area contributed by atoms with Crippen molar-refractivity contribution in [2.45, 2.75) is 52.4 Å². The zero-order valence-corrected chi connectivity index (χ0v) is 20.6. The van der Waals surface area contributed by atoms with Crippen LogP contribution in [-0.2, 0) is 10.8 Å². The van der Waals surface area contributed by atoms with Crippen LogP contribution in [0.1, 0.15) is 61.1 Å². The maximum absolute atomic E-state index is 6.16. The Morgan fingerprint density at radius 2 is 0.636 bits per heavy atom. The van der Waals surface area contributed by atoms with Crippen molar-refractivity contribution in [1.29, 1.82) is 0 Å². The van der Waals surface area contributed by atoms with Crippen LogP contribution >= 0.6 is 0 Å². The van der Waals surface area contributed by atoms with Crippen LogP contribution in [0.4, 0.5) is 0 Å². The highest BCUT2D eigenvalue weighted by molar-refractivity contribution is 5.44. The minimum absolute atomic E-state index is 0.0601. The number of rotatable bonds is 6. The molecule has 0 atom stereocenters. The molecule has 0 amide bonds. The fraction of sp³-hybridized carbons (Fsp3) is 0.250. The van der Waals surface area contributed by atoms with Gasteiger partial charge in [0.2, 0.25) is 0 Å². The molecule has 4 aromatic carbocycles. The van der Waals surface area contributed by atoms with Gasteiger partial charge < -0.3 is 4.74 Å². The molecule has 0 aromatic heterocycles. The van der Waals surface area contributed by atoms with Crippen LogP contribution in [0.5, 0.6) is 11.5 Å². The van der Waals surface area contributed by atoms with Crippen molar-refractivity contribution in [3.8, 4) is 11.5 Å². The zero-order chi connectivity index (χ0) is 23.6. The van der Waals surface area contributed by atoms with Gasteiger partial charge in [-0.05, 0) is 60.4 Å². The molecular weight excluding hydrogens is 400 g/mol. The molecule has 0 aliphatic rings. The molecule has 0 fully saturated rings. The lowest BCUT2D eigenvalue weighted by Crippen LogP contribution is -2.18. The van der Waals surface area contributed by atoms with E-state index in [4.69, 9.17) is 4.74 Å². The fourth-order valence-corrected chi connectivity index (χ4v) is 4.29. The fourth-order valence-electron chi connectivity index (χ4n) is 4.29. The lowest BCUT2D eigenvalue weighted by atomic mass is 9.78. The molecule has 0 N–H and O–H groups in total. The van der Waals surface area contributed by atoms with Gasteiger partial charge >= 0.3 is 0 Å². The Morgan fingerprint density at radius 1 is 0.394 bits per heavy atom. The van der Waals surface area contributed by atoms with Gasteiger partial charge in [0.15, 0.2) is 0 Å². The molecule has 33 heavy (non-hydrogen) atoms. The summed E-state index contributed by atoms with van der Waals surface area (Å²) in [7, 11) is 0. The largest absolute Gasteiger partial charge is 0.457 e. The second kappa shape index (κ2) is 8.90. The SMILES string of the molecule is Cc1ccc(C(C)(C)c2ccc(Oc3ccc(C(C)(C)c4ccc(C)cc4)cc3)cc2)cc1. The van der Waals surface area contributed by atoms with Gasteiger partial charge in [0, 0.05) is 10.8 Å². The summed E-state index contributed by atoms with van der Waals surface area (Å²) in [6.45, 7) is 13.3. The Bertz CT molecular complexity index is 1090. The first kappa shape index (κ1) is 22.9. The van der Waals surface area contributed by atoms with Gasteiger partial charge in [0.05, 0.1) is 0 Å². The molecule has 0 radical (unpaired) electrons.